The van der Waals surface area contributed by atoms with E-state index in [0.29, 0.717) is 23.8 Å². The number of hydrogen-bond acceptors (Lipinski definition) is 3. The monoisotopic (exact) mass is 319 g/mol. The summed E-state index contributed by atoms with van der Waals surface area (Å²) in [4.78, 5) is 24.7. The summed E-state index contributed by atoms with van der Waals surface area (Å²) in [5, 5.41) is 8.41. The molecule has 0 aromatic heterocycles. The molecule has 1 saturated heterocycles. The van der Waals surface area contributed by atoms with Crippen LogP contribution in [0.25, 0.3) is 0 Å². The highest BCUT2D eigenvalue weighted by Gasteiger charge is 2.52. The summed E-state index contributed by atoms with van der Waals surface area (Å²) in [5.41, 5.74) is -0.0127. The number of amides is 3. The third kappa shape index (κ3) is 2.73. The molecule has 1 N–H and O–H groups in total. The fourth-order valence-corrected chi connectivity index (χ4v) is 3.21. The minimum atomic E-state index is -0.755. The maximum absolute atomic E-state index is 12.6. The van der Waals surface area contributed by atoms with Crippen molar-refractivity contribution in [2.75, 3.05) is 0 Å². The standard InChI is InChI=1S/C16H18ClN3O2/c1-11-5-7-16(8-6-11)14(21)20(15(22)19-16)18-10-12-3-2-4-13(17)9-12/h2-4,9-11H,5-8H2,1H3,(H,19,22). The summed E-state index contributed by atoms with van der Waals surface area (Å²) in [6, 6.07) is 6.63. The minimum Gasteiger partial charge on any atom is -0.321 e. The number of hydrogen-bond donors (Lipinski definition) is 1. The highest BCUT2D eigenvalue weighted by atomic mass is 35.5. The van der Waals surface area contributed by atoms with Gasteiger partial charge in [-0.25, -0.2) is 4.79 Å². The van der Waals surface area contributed by atoms with E-state index in [-0.39, 0.29) is 5.91 Å². The molecule has 22 heavy (non-hydrogen) atoms. The SMILES string of the molecule is CC1CCC2(CC1)NC(=O)N(N=Cc1cccc(Cl)c1)C2=O. The van der Waals surface area contributed by atoms with Crippen molar-refractivity contribution in [3.8, 4) is 0 Å². The molecule has 1 aliphatic heterocycles. The minimum absolute atomic E-state index is 0.248. The second kappa shape index (κ2) is 5.72. The number of nitrogens with one attached hydrogen (secondary N) is 1. The molecule has 3 rings (SSSR count). The quantitative estimate of drug-likeness (QED) is 0.672. The lowest BCUT2D eigenvalue weighted by atomic mass is 9.77. The van der Waals surface area contributed by atoms with Gasteiger partial charge < -0.3 is 5.32 Å². The number of urea groups is 1. The summed E-state index contributed by atoms with van der Waals surface area (Å²) in [7, 11) is 0. The molecule has 0 unspecified atom stereocenters. The lowest BCUT2D eigenvalue weighted by Gasteiger charge is -2.33. The van der Waals surface area contributed by atoms with Gasteiger partial charge in [0.25, 0.3) is 5.91 Å². The smallest absolute Gasteiger partial charge is 0.321 e. The van der Waals surface area contributed by atoms with E-state index in [4.69, 9.17) is 11.6 Å². The van der Waals surface area contributed by atoms with Gasteiger partial charge in [-0.3, -0.25) is 4.79 Å². The van der Waals surface area contributed by atoms with Crippen LogP contribution in [0.15, 0.2) is 29.4 Å². The zero-order valence-electron chi connectivity index (χ0n) is 12.4. The maximum atomic E-state index is 12.6. The van der Waals surface area contributed by atoms with Crippen molar-refractivity contribution in [3.05, 3.63) is 34.9 Å². The summed E-state index contributed by atoms with van der Waals surface area (Å²) in [6.07, 6.45) is 4.73. The highest BCUT2D eigenvalue weighted by molar-refractivity contribution is 6.30. The van der Waals surface area contributed by atoms with Crippen LogP contribution in [0.3, 0.4) is 0 Å². The van der Waals surface area contributed by atoms with Crippen molar-refractivity contribution < 1.29 is 9.59 Å². The fraction of sp³-hybridized carbons (Fsp3) is 0.438. The number of carbonyl (C=O) groups is 2. The van der Waals surface area contributed by atoms with Crippen LogP contribution in [0.2, 0.25) is 5.02 Å². The third-order valence-electron chi connectivity index (χ3n) is 4.44. The van der Waals surface area contributed by atoms with Gasteiger partial charge in [-0.1, -0.05) is 30.7 Å². The van der Waals surface area contributed by atoms with Crippen LogP contribution in [0.5, 0.6) is 0 Å². The van der Waals surface area contributed by atoms with Gasteiger partial charge in [0.1, 0.15) is 5.54 Å². The Morgan fingerprint density at radius 1 is 1.36 bits per heavy atom. The summed E-state index contributed by atoms with van der Waals surface area (Å²) < 4.78 is 0. The molecule has 116 valence electrons. The second-order valence-corrected chi connectivity index (χ2v) is 6.55. The van der Waals surface area contributed by atoms with Crippen molar-refractivity contribution >= 4 is 29.8 Å². The van der Waals surface area contributed by atoms with E-state index in [9.17, 15) is 9.59 Å². The Morgan fingerprint density at radius 3 is 2.77 bits per heavy atom. The van der Waals surface area contributed by atoms with E-state index >= 15 is 0 Å². The first-order valence-electron chi connectivity index (χ1n) is 7.46. The average Bonchev–Trinajstić information content (AvgIpc) is 2.72. The van der Waals surface area contributed by atoms with E-state index in [0.717, 1.165) is 23.4 Å². The third-order valence-corrected chi connectivity index (χ3v) is 4.67. The van der Waals surface area contributed by atoms with Gasteiger partial charge in [-0.15, -0.1) is 5.01 Å². The second-order valence-electron chi connectivity index (χ2n) is 6.11. The summed E-state index contributed by atoms with van der Waals surface area (Å²) in [6.45, 7) is 2.17. The molecular formula is C16H18ClN3O2. The molecule has 1 spiro atoms. The molecule has 1 aromatic carbocycles. The highest BCUT2D eigenvalue weighted by Crippen LogP contribution is 2.36. The Balaban J connectivity index is 1.77. The van der Waals surface area contributed by atoms with E-state index in [1.165, 1.54) is 6.21 Å². The Bertz CT molecular complexity index is 636. The Kier molecular flexibility index (Phi) is 3.91. The number of rotatable bonds is 2. The van der Waals surface area contributed by atoms with Crippen molar-refractivity contribution in [1.29, 1.82) is 0 Å². The average molecular weight is 320 g/mol. The van der Waals surface area contributed by atoms with Crippen LogP contribution in [0.1, 0.15) is 38.2 Å². The number of carbonyl (C=O) groups excluding carboxylic acids is 2. The summed E-state index contributed by atoms with van der Waals surface area (Å²) in [5.74, 6) is 0.349. The van der Waals surface area contributed by atoms with Crippen molar-refractivity contribution in [2.24, 2.45) is 11.0 Å². The Morgan fingerprint density at radius 2 is 2.09 bits per heavy atom. The molecule has 0 atom stereocenters. The lowest BCUT2D eigenvalue weighted by molar-refractivity contribution is -0.132. The van der Waals surface area contributed by atoms with Crippen LogP contribution in [-0.2, 0) is 4.79 Å². The Labute approximate surface area is 134 Å². The molecular weight excluding hydrogens is 302 g/mol. The van der Waals surface area contributed by atoms with Crippen molar-refractivity contribution in [1.82, 2.24) is 10.3 Å². The number of imide groups is 1. The first-order chi connectivity index (χ1) is 10.5. The molecule has 3 amide bonds. The molecule has 2 fully saturated rings. The zero-order valence-corrected chi connectivity index (χ0v) is 13.1. The maximum Gasteiger partial charge on any atom is 0.346 e. The van der Waals surface area contributed by atoms with Gasteiger partial charge in [0.15, 0.2) is 0 Å². The van der Waals surface area contributed by atoms with E-state index in [1.54, 1.807) is 18.2 Å². The molecule has 2 aliphatic rings. The molecule has 1 saturated carbocycles. The molecule has 0 radical (unpaired) electrons. The molecule has 1 aliphatic carbocycles. The first-order valence-corrected chi connectivity index (χ1v) is 7.84. The van der Waals surface area contributed by atoms with Crippen LogP contribution in [0, 0.1) is 5.92 Å². The summed E-state index contributed by atoms with van der Waals surface area (Å²) >= 11 is 5.91. The molecule has 6 heteroatoms. The van der Waals surface area contributed by atoms with Crippen LogP contribution in [-0.4, -0.2) is 28.7 Å². The topological polar surface area (TPSA) is 61.8 Å². The molecule has 1 aromatic rings. The van der Waals surface area contributed by atoms with Gasteiger partial charge in [0.2, 0.25) is 0 Å². The normalized spacial score (nSPS) is 28.6. The lowest BCUT2D eigenvalue weighted by Crippen LogP contribution is -2.49. The van der Waals surface area contributed by atoms with E-state index in [1.807, 2.05) is 6.07 Å². The van der Waals surface area contributed by atoms with Gasteiger partial charge in [-0.05, 0) is 49.3 Å². The van der Waals surface area contributed by atoms with Gasteiger partial charge in [0.05, 0.1) is 6.21 Å². The van der Waals surface area contributed by atoms with Gasteiger partial charge in [0, 0.05) is 5.02 Å². The Hall–Kier alpha value is -1.88. The zero-order chi connectivity index (χ0) is 15.7. The molecule has 0 bridgehead atoms. The van der Waals surface area contributed by atoms with E-state index < -0.39 is 11.6 Å². The predicted molar refractivity (Wildman–Crippen MR) is 84.8 cm³/mol. The number of halogens is 1. The van der Waals surface area contributed by atoms with Crippen molar-refractivity contribution in [3.63, 3.8) is 0 Å². The molecule has 1 heterocycles. The largest absolute Gasteiger partial charge is 0.346 e. The fourth-order valence-electron chi connectivity index (χ4n) is 3.02. The van der Waals surface area contributed by atoms with Crippen LogP contribution >= 0.6 is 11.6 Å². The number of nitrogens with zero attached hydrogens (tertiary/aromatic N) is 2. The van der Waals surface area contributed by atoms with Crippen LogP contribution in [0.4, 0.5) is 4.79 Å². The number of hydrazone groups is 1. The predicted octanol–water partition coefficient (Wildman–Crippen LogP) is 3.17. The molecule has 5 nitrogen and oxygen atoms in total. The van der Waals surface area contributed by atoms with Crippen LogP contribution < -0.4 is 5.32 Å². The van der Waals surface area contributed by atoms with Gasteiger partial charge >= 0.3 is 6.03 Å². The number of benzene rings is 1. The van der Waals surface area contributed by atoms with Gasteiger partial charge in [-0.2, -0.15) is 5.10 Å². The first kappa shape index (κ1) is 15.0. The van der Waals surface area contributed by atoms with Crippen molar-refractivity contribution in [2.45, 2.75) is 38.1 Å². The van der Waals surface area contributed by atoms with E-state index in [2.05, 4.69) is 17.3 Å².